The van der Waals surface area contributed by atoms with E-state index in [0.717, 1.165) is 12.8 Å². The lowest BCUT2D eigenvalue weighted by atomic mass is 9.57. The predicted octanol–water partition coefficient (Wildman–Crippen LogP) is 2.20. The third-order valence-electron chi connectivity index (χ3n) is 6.38. The number of rotatable bonds is 2. The van der Waals surface area contributed by atoms with Gasteiger partial charge in [0.25, 0.3) is 0 Å². The molecule has 23 heavy (non-hydrogen) atoms. The van der Waals surface area contributed by atoms with Crippen LogP contribution in [0.2, 0.25) is 0 Å². The van der Waals surface area contributed by atoms with Crippen molar-refractivity contribution in [3.05, 3.63) is 0 Å². The summed E-state index contributed by atoms with van der Waals surface area (Å²) in [5, 5.41) is 10.9. The highest BCUT2D eigenvalue weighted by Crippen LogP contribution is 2.60. The summed E-state index contributed by atoms with van der Waals surface area (Å²) in [6.45, 7) is 8.68. The van der Waals surface area contributed by atoms with Gasteiger partial charge in [-0.05, 0) is 32.6 Å². The lowest BCUT2D eigenvalue weighted by Crippen LogP contribution is -2.71. The highest BCUT2D eigenvalue weighted by molar-refractivity contribution is 5.11. The molecule has 2 bridgehead atoms. The monoisotopic (exact) mass is 328 g/mol. The molecule has 4 heterocycles. The minimum Gasteiger partial charge on any atom is -0.392 e. The zero-order chi connectivity index (χ0) is 16.4. The van der Waals surface area contributed by atoms with Gasteiger partial charge in [0, 0.05) is 30.8 Å². The molecular weight excluding hydrogens is 300 g/mol. The molecule has 0 amide bonds. The topological polar surface area (TPSA) is 66.4 Å². The lowest BCUT2D eigenvalue weighted by molar-refractivity contribution is -0.577. The van der Waals surface area contributed by atoms with Crippen LogP contribution in [0.25, 0.3) is 0 Å². The van der Waals surface area contributed by atoms with Crippen molar-refractivity contribution in [1.82, 2.24) is 0 Å². The molecule has 5 rings (SSSR count). The molecule has 5 fully saturated rings. The van der Waals surface area contributed by atoms with Gasteiger partial charge in [0.05, 0.1) is 6.10 Å². The van der Waals surface area contributed by atoms with Crippen LogP contribution in [0.1, 0.15) is 47.0 Å². The number of hydrogen-bond donors (Lipinski definition) is 1. The van der Waals surface area contributed by atoms with Crippen molar-refractivity contribution in [3.8, 4) is 0 Å². The number of aliphatic hydroxyl groups is 1. The van der Waals surface area contributed by atoms with E-state index in [9.17, 15) is 5.11 Å². The smallest absolute Gasteiger partial charge is 0.204 e. The third kappa shape index (κ3) is 2.16. The van der Waals surface area contributed by atoms with Gasteiger partial charge in [0.1, 0.15) is 0 Å². The molecule has 4 aliphatic heterocycles. The van der Waals surface area contributed by atoms with Crippen LogP contribution < -0.4 is 0 Å². The van der Waals surface area contributed by atoms with Crippen LogP contribution in [0.5, 0.6) is 0 Å². The van der Waals surface area contributed by atoms with E-state index in [0.29, 0.717) is 18.9 Å². The number of ether oxygens (including phenoxy) is 3. The maximum absolute atomic E-state index is 10.9. The molecule has 0 radical (unpaired) electrons. The van der Waals surface area contributed by atoms with E-state index in [2.05, 4.69) is 13.8 Å². The molecule has 1 saturated carbocycles. The van der Waals surface area contributed by atoms with E-state index < -0.39 is 23.8 Å². The van der Waals surface area contributed by atoms with Crippen molar-refractivity contribution >= 4 is 0 Å². The summed E-state index contributed by atoms with van der Waals surface area (Å²) in [5.41, 5.74) is -0.750. The number of aliphatic hydroxyl groups excluding tert-OH is 1. The molecule has 0 unspecified atom stereocenters. The summed E-state index contributed by atoms with van der Waals surface area (Å²) in [6.07, 6.45) is 1.05. The minimum absolute atomic E-state index is 0.0550. The van der Waals surface area contributed by atoms with E-state index in [1.165, 1.54) is 0 Å². The van der Waals surface area contributed by atoms with Crippen molar-refractivity contribution in [3.63, 3.8) is 0 Å². The fraction of sp³-hybridized carbons (Fsp3) is 1.00. The summed E-state index contributed by atoms with van der Waals surface area (Å²) in [7, 11) is 0. The first-order valence-electron chi connectivity index (χ1n) is 8.91. The van der Waals surface area contributed by atoms with Gasteiger partial charge in [0.2, 0.25) is 5.79 Å². The Morgan fingerprint density at radius 2 is 2.00 bits per heavy atom. The van der Waals surface area contributed by atoms with Gasteiger partial charge in [-0.1, -0.05) is 13.8 Å². The summed E-state index contributed by atoms with van der Waals surface area (Å²) < 4.78 is 18.2. The van der Waals surface area contributed by atoms with E-state index in [1.807, 2.05) is 6.92 Å². The van der Waals surface area contributed by atoms with Crippen LogP contribution >= 0.6 is 0 Å². The maximum atomic E-state index is 10.9. The fourth-order valence-corrected chi connectivity index (χ4v) is 5.39. The first-order chi connectivity index (χ1) is 10.9. The minimum atomic E-state index is -0.978. The Morgan fingerprint density at radius 1 is 1.22 bits per heavy atom. The maximum Gasteiger partial charge on any atom is 0.204 e. The van der Waals surface area contributed by atoms with Crippen molar-refractivity contribution in [2.24, 2.45) is 23.7 Å². The summed E-state index contributed by atoms with van der Waals surface area (Å²) >= 11 is 0. The molecule has 9 atom stereocenters. The van der Waals surface area contributed by atoms with E-state index in [-0.39, 0.29) is 24.0 Å². The molecule has 6 heteroatoms. The summed E-state index contributed by atoms with van der Waals surface area (Å²) in [4.78, 5) is 11.7. The highest BCUT2D eigenvalue weighted by Gasteiger charge is 2.71. The van der Waals surface area contributed by atoms with Crippen molar-refractivity contribution in [2.75, 3.05) is 6.61 Å². The first-order valence-corrected chi connectivity index (χ1v) is 8.91. The average Bonchev–Trinajstić information content (AvgIpc) is 2.66. The van der Waals surface area contributed by atoms with E-state index >= 15 is 0 Å². The van der Waals surface area contributed by atoms with Crippen LogP contribution in [0.4, 0.5) is 0 Å². The zero-order valence-electron chi connectivity index (χ0n) is 14.4. The van der Waals surface area contributed by atoms with Gasteiger partial charge in [-0.3, -0.25) is 0 Å². The average molecular weight is 328 g/mol. The molecule has 1 aliphatic carbocycles. The van der Waals surface area contributed by atoms with Gasteiger partial charge in [-0.25, -0.2) is 9.78 Å². The Hall–Kier alpha value is -0.240. The van der Waals surface area contributed by atoms with Gasteiger partial charge in [0.15, 0.2) is 18.2 Å². The molecule has 6 nitrogen and oxygen atoms in total. The molecule has 132 valence electrons. The summed E-state index contributed by atoms with van der Waals surface area (Å²) in [5.74, 6) is -0.371. The molecule has 0 aromatic rings. The van der Waals surface area contributed by atoms with E-state index in [1.54, 1.807) is 6.92 Å². The van der Waals surface area contributed by atoms with Crippen molar-refractivity contribution in [2.45, 2.75) is 77.0 Å². The highest BCUT2D eigenvalue weighted by atomic mass is 17.3. The Balaban J connectivity index is 1.79. The van der Waals surface area contributed by atoms with Gasteiger partial charge < -0.3 is 19.3 Å². The standard InChI is InChI=1S/C17H28O6/c1-5-19-14-10(3)11-7-6-9(2)13-12(18)8-16(4)21-15(20-14)17(11,13)23-22-16/h9-15,18H,5-8H2,1-4H3/t9-,10-,11+,12+,13-,14+,15-,16-,17+/m1/s1. The SMILES string of the molecule is CCO[C@H]1O[C@@H]2O[C@@]3(C)C[C@H](O)[C@H]4[C@H](C)CC[C@@H]([C@H]1C)[C@@]24OO3. The van der Waals surface area contributed by atoms with Crippen molar-refractivity contribution < 1.29 is 29.1 Å². The van der Waals surface area contributed by atoms with Crippen LogP contribution in [-0.2, 0) is 24.0 Å². The quantitative estimate of drug-likeness (QED) is 0.784. The van der Waals surface area contributed by atoms with Crippen LogP contribution in [-0.4, -0.2) is 41.8 Å². The van der Waals surface area contributed by atoms with Gasteiger partial charge >= 0.3 is 0 Å². The van der Waals surface area contributed by atoms with Crippen LogP contribution in [0, 0.1) is 23.7 Å². The summed E-state index contributed by atoms with van der Waals surface area (Å²) in [6, 6.07) is 0. The second-order valence-corrected chi connectivity index (χ2v) is 7.88. The van der Waals surface area contributed by atoms with Gasteiger partial charge in [-0.2, -0.15) is 0 Å². The van der Waals surface area contributed by atoms with E-state index in [4.69, 9.17) is 24.0 Å². The largest absolute Gasteiger partial charge is 0.392 e. The van der Waals surface area contributed by atoms with Crippen molar-refractivity contribution in [1.29, 1.82) is 0 Å². The second kappa shape index (κ2) is 5.38. The first kappa shape index (κ1) is 16.2. The molecular formula is C17H28O6. The number of hydrogen-bond acceptors (Lipinski definition) is 6. The van der Waals surface area contributed by atoms with Crippen LogP contribution in [0.3, 0.4) is 0 Å². The molecule has 1 spiro atoms. The Bertz CT molecular complexity index is 472. The lowest BCUT2D eigenvalue weighted by Gasteiger charge is -2.60. The molecule has 0 aromatic carbocycles. The van der Waals surface area contributed by atoms with Gasteiger partial charge in [-0.15, -0.1) is 0 Å². The molecule has 5 aliphatic rings. The zero-order valence-corrected chi connectivity index (χ0v) is 14.4. The molecule has 4 saturated heterocycles. The third-order valence-corrected chi connectivity index (χ3v) is 6.38. The Kier molecular flexibility index (Phi) is 3.80. The Morgan fingerprint density at radius 3 is 2.74 bits per heavy atom. The predicted molar refractivity (Wildman–Crippen MR) is 79.8 cm³/mol. The molecule has 1 N–H and O–H groups in total. The van der Waals surface area contributed by atoms with Crippen LogP contribution in [0.15, 0.2) is 0 Å². The normalized spacial score (nSPS) is 58.6. The second-order valence-electron chi connectivity index (χ2n) is 7.88. The number of fused-ring (bicyclic) bond motifs is 2. The Labute approximate surface area is 137 Å². The fourth-order valence-electron chi connectivity index (χ4n) is 5.39. The molecule has 0 aromatic heterocycles.